The molecule has 1 aromatic carbocycles. The molecule has 1 aromatic heterocycles. The Kier molecular flexibility index (Phi) is 12.7. The smallest absolute Gasteiger partial charge is 0.0215 e. The molecule has 2 rings (SSSR count). The molecule has 0 aliphatic rings. The first-order valence-corrected chi connectivity index (χ1v) is 14.0. The maximum absolute atomic E-state index is 2.44. The van der Waals surface area contributed by atoms with Gasteiger partial charge < -0.3 is 0 Å². The van der Waals surface area contributed by atoms with Crippen LogP contribution in [0, 0.1) is 0 Å². The quantitative estimate of drug-likeness (QED) is 0.195. The molecule has 0 atom stereocenters. The van der Waals surface area contributed by atoms with E-state index in [4.69, 9.17) is 0 Å². The number of hydrogen-bond donors (Lipinski definition) is 0. The molecule has 0 N–H and O–H groups in total. The minimum Gasteiger partial charge on any atom is -0.151 e. The van der Waals surface area contributed by atoms with E-state index in [2.05, 4.69) is 60.3 Å². The number of hydrogen-bond acceptors (Lipinski definition) is 3. The van der Waals surface area contributed by atoms with Crippen molar-refractivity contribution in [3.05, 3.63) is 22.9 Å². The predicted molar refractivity (Wildman–Crippen MR) is 130 cm³/mol. The Hall–Kier alpha value is -0.120. The Morgan fingerprint density at radius 1 is 0.593 bits per heavy atom. The van der Waals surface area contributed by atoms with Gasteiger partial charge in [-0.05, 0) is 58.0 Å². The maximum atomic E-state index is 2.44. The van der Waals surface area contributed by atoms with Gasteiger partial charge in [0.1, 0.15) is 0 Å². The molecule has 0 amide bonds. The number of benzene rings is 1. The third-order valence-corrected chi connectivity index (χ3v) is 8.24. The summed E-state index contributed by atoms with van der Waals surface area (Å²) in [6, 6.07) is 4.88. The zero-order chi connectivity index (χ0) is 19.2. The van der Waals surface area contributed by atoms with E-state index in [1.165, 1.54) is 109 Å². The summed E-state index contributed by atoms with van der Waals surface area (Å²) >= 11 is 6.01. The molecule has 2 aromatic rings. The minimum atomic E-state index is 1.27. The van der Waals surface area contributed by atoms with Crippen molar-refractivity contribution in [2.45, 2.75) is 101 Å². The first kappa shape index (κ1) is 23.2. The monoisotopic (exact) mass is 422 g/mol. The molecule has 152 valence electrons. The molecule has 0 fully saturated rings. The van der Waals surface area contributed by atoms with Crippen molar-refractivity contribution in [2.75, 3.05) is 11.5 Å². The average Bonchev–Trinajstić information content (AvgIpc) is 3.13. The van der Waals surface area contributed by atoms with Crippen molar-refractivity contribution < 1.29 is 0 Å². The molecule has 3 heteroatoms. The van der Waals surface area contributed by atoms with E-state index in [-0.39, 0.29) is 0 Å². The molecule has 0 saturated carbocycles. The van der Waals surface area contributed by atoms with Crippen molar-refractivity contribution in [2.24, 2.45) is 0 Å². The normalized spacial score (nSPS) is 11.5. The van der Waals surface area contributed by atoms with E-state index in [1.807, 2.05) is 11.3 Å². The van der Waals surface area contributed by atoms with Crippen LogP contribution in [0.5, 0.6) is 0 Å². The zero-order valence-corrected chi connectivity index (χ0v) is 19.9. The van der Waals surface area contributed by atoms with Gasteiger partial charge in [0, 0.05) is 9.79 Å². The van der Waals surface area contributed by atoms with Crippen LogP contribution in [0.1, 0.15) is 90.9 Å². The van der Waals surface area contributed by atoms with E-state index in [1.54, 1.807) is 0 Å². The second-order valence-electron chi connectivity index (χ2n) is 7.53. The molecule has 0 bridgehead atoms. The van der Waals surface area contributed by atoms with Gasteiger partial charge in [-0.25, -0.2) is 0 Å². The van der Waals surface area contributed by atoms with Crippen LogP contribution in [-0.2, 0) is 0 Å². The van der Waals surface area contributed by atoms with Crippen LogP contribution >= 0.6 is 34.9 Å². The zero-order valence-electron chi connectivity index (χ0n) is 17.4. The van der Waals surface area contributed by atoms with Gasteiger partial charge in [-0.2, -0.15) is 11.3 Å². The highest BCUT2D eigenvalue weighted by Gasteiger charge is 2.08. The van der Waals surface area contributed by atoms with Crippen molar-refractivity contribution in [1.82, 2.24) is 0 Å². The van der Waals surface area contributed by atoms with Crippen molar-refractivity contribution >= 4 is 45.6 Å². The van der Waals surface area contributed by atoms with E-state index >= 15 is 0 Å². The van der Waals surface area contributed by atoms with Crippen LogP contribution in [0.2, 0.25) is 0 Å². The first-order valence-electron chi connectivity index (χ1n) is 11.1. The van der Waals surface area contributed by atoms with Crippen LogP contribution in [0.25, 0.3) is 10.8 Å². The number of fused-ring (bicyclic) bond motifs is 1. The molecular formula is C24H38S3. The summed E-state index contributed by atoms with van der Waals surface area (Å²) < 4.78 is 0. The largest absolute Gasteiger partial charge is 0.151 e. The Bertz CT molecular complexity index is 565. The Balaban J connectivity index is 1.78. The summed E-state index contributed by atoms with van der Waals surface area (Å²) in [5.74, 6) is 2.54. The van der Waals surface area contributed by atoms with Crippen molar-refractivity contribution in [3.63, 3.8) is 0 Å². The first-order chi connectivity index (χ1) is 13.3. The summed E-state index contributed by atoms with van der Waals surface area (Å²) in [5.41, 5.74) is 0. The van der Waals surface area contributed by atoms with Crippen molar-refractivity contribution in [1.29, 1.82) is 0 Å². The Morgan fingerprint density at radius 3 is 1.44 bits per heavy atom. The van der Waals surface area contributed by atoms with Crippen molar-refractivity contribution in [3.8, 4) is 0 Å². The molecule has 27 heavy (non-hydrogen) atoms. The standard InChI is InChI=1S/C24H38S3/c1-3-5-7-9-11-13-15-26-23-17-21-19-25-20-22(21)18-24(23)27-16-14-12-10-8-6-4-2/h17-20H,3-16H2,1-2H3. The fraction of sp³-hybridized carbons (Fsp3) is 0.667. The summed E-state index contributed by atoms with van der Waals surface area (Å²) in [6.07, 6.45) is 16.7. The van der Waals surface area contributed by atoms with Crippen LogP contribution in [0.15, 0.2) is 32.7 Å². The lowest BCUT2D eigenvalue weighted by Crippen LogP contribution is -1.87. The second-order valence-corrected chi connectivity index (χ2v) is 10.5. The fourth-order valence-corrected chi connectivity index (χ4v) is 6.41. The molecule has 0 aliphatic carbocycles. The highest BCUT2D eigenvalue weighted by Crippen LogP contribution is 2.36. The predicted octanol–water partition coefficient (Wildman–Crippen LogP) is 9.81. The number of unbranched alkanes of at least 4 members (excludes halogenated alkanes) is 10. The highest BCUT2D eigenvalue weighted by atomic mass is 32.2. The Labute approximate surface area is 180 Å². The van der Waals surface area contributed by atoms with E-state index in [9.17, 15) is 0 Å². The van der Waals surface area contributed by atoms with Gasteiger partial charge >= 0.3 is 0 Å². The second kappa shape index (κ2) is 14.8. The lowest BCUT2D eigenvalue weighted by Gasteiger charge is -2.10. The summed E-state index contributed by atoms with van der Waals surface area (Å²) in [5, 5.41) is 7.45. The SMILES string of the molecule is CCCCCCCCSc1cc2cscc2cc1SCCCCCCCC. The third kappa shape index (κ3) is 9.28. The number of thioether (sulfide) groups is 2. The van der Waals surface area contributed by atoms with Gasteiger partial charge in [-0.3, -0.25) is 0 Å². The van der Waals surface area contributed by atoms with Crippen LogP contribution in [-0.4, -0.2) is 11.5 Å². The van der Waals surface area contributed by atoms with E-state index in [0.29, 0.717) is 0 Å². The van der Waals surface area contributed by atoms with Gasteiger partial charge in [0.25, 0.3) is 0 Å². The number of thiophene rings is 1. The molecular weight excluding hydrogens is 384 g/mol. The van der Waals surface area contributed by atoms with E-state index < -0.39 is 0 Å². The van der Waals surface area contributed by atoms with Gasteiger partial charge in [0.2, 0.25) is 0 Å². The van der Waals surface area contributed by atoms with Gasteiger partial charge in [0.05, 0.1) is 0 Å². The molecule has 0 saturated heterocycles. The van der Waals surface area contributed by atoms with Gasteiger partial charge in [-0.15, -0.1) is 23.5 Å². The topological polar surface area (TPSA) is 0 Å². The van der Waals surface area contributed by atoms with Crippen LogP contribution in [0.4, 0.5) is 0 Å². The number of rotatable bonds is 16. The fourth-order valence-electron chi connectivity index (χ4n) is 3.33. The Morgan fingerprint density at radius 2 is 1.00 bits per heavy atom. The summed E-state index contributed by atoms with van der Waals surface area (Å²) in [7, 11) is 0. The molecule has 0 radical (unpaired) electrons. The molecule has 0 unspecified atom stereocenters. The van der Waals surface area contributed by atoms with Crippen LogP contribution in [0.3, 0.4) is 0 Å². The lowest BCUT2D eigenvalue weighted by atomic mass is 10.1. The third-order valence-electron chi connectivity index (χ3n) is 5.05. The average molecular weight is 423 g/mol. The van der Waals surface area contributed by atoms with Gasteiger partial charge in [-0.1, -0.05) is 78.1 Å². The lowest BCUT2D eigenvalue weighted by molar-refractivity contribution is 0.626. The molecule has 1 heterocycles. The van der Waals surface area contributed by atoms with E-state index in [0.717, 1.165) is 0 Å². The summed E-state index contributed by atoms with van der Waals surface area (Å²) in [4.78, 5) is 3.04. The molecule has 0 aliphatic heterocycles. The van der Waals surface area contributed by atoms with Gasteiger partial charge in [0.15, 0.2) is 0 Å². The maximum Gasteiger partial charge on any atom is 0.0215 e. The summed E-state index contributed by atoms with van der Waals surface area (Å²) in [6.45, 7) is 4.58. The minimum absolute atomic E-state index is 1.27. The highest BCUT2D eigenvalue weighted by molar-refractivity contribution is 8.02. The molecule has 0 nitrogen and oxygen atoms in total. The molecule has 0 spiro atoms. The van der Waals surface area contributed by atoms with Crippen LogP contribution < -0.4 is 0 Å².